The van der Waals surface area contributed by atoms with Gasteiger partial charge in [0.1, 0.15) is 21.3 Å². The molecular formula is C20H29ClN4O4S. The van der Waals surface area contributed by atoms with E-state index in [1.54, 1.807) is 20.1 Å². The Hall–Kier alpha value is -2.26. The topological polar surface area (TPSA) is 116 Å². The van der Waals surface area contributed by atoms with E-state index in [9.17, 15) is 8.42 Å². The average molecular weight is 457 g/mol. The highest BCUT2D eigenvalue weighted by atomic mass is 35.5. The van der Waals surface area contributed by atoms with Crippen molar-refractivity contribution in [2.45, 2.75) is 46.1 Å². The van der Waals surface area contributed by atoms with Gasteiger partial charge in [0.25, 0.3) is 0 Å². The van der Waals surface area contributed by atoms with E-state index in [2.05, 4.69) is 15.3 Å². The van der Waals surface area contributed by atoms with E-state index in [-0.39, 0.29) is 29.3 Å². The monoisotopic (exact) mass is 456 g/mol. The van der Waals surface area contributed by atoms with Crippen LogP contribution in [0.25, 0.3) is 0 Å². The van der Waals surface area contributed by atoms with Gasteiger partial charge in [0.05, 0.1) is 24.1 Å². The molecule has 0 saturated heterocycles. The maximum absolute atomic E-state index is 11.7. The van der Waals surface area contributed by atoms with Crippen molar-refractivity contribution in [2.24, 2.45) is 0 Å². The maximum Gasteiger partial charge on any atom is 0.225 e. The molecule has 0 aliphatic carbocycles. The Labute approximate surface area is 183 Å². The van der Waals surface area contributed by atoms with Gasteiger partial charge in [-0.25, -0.2) is 13.4 Å². The van der Waals surface area contributed by atoms with Crippen molar-refractivity contribution in [1.82, 2.24) is 9.97 Å². The predicted molar refractivity (Wildman–Crippen MR) is 121 cm³/mol. The summed E-state index contributed by atoms with van der Waals surface area (Å²) in [5.74, 6) is 2.26. The molecule has 10 heteroatoms. The summed E-state index contributed by atoms with van der Waals surface area (Å²) < 4.78 is 34.5. The zero-order chi connectivity index (χ0) is 22.5. The molecule has 0 bridgehead atoms. The number of nitrogens with one attached hydrogen (secondary N) is 1. The lowest BCUT2D eigenvalue weighted by molar-refractivity contribution is 0.411. The Bertz CT molecular complexity index is 983. The second-order valence-corrected chi connectivity index (χ2v) is 10.2. The number of hydrogen-bond donors (Lipinski definition) is 2. The molecule has 1 aromatic carbocycles. The summed E-state index contributed by atoms with van der Waals surface area (Å²) in [7, 11) is -1.46. The molecule has 1 aromatic heterocycles. The van der Waals surface area contributed by atoms with Gasteiger partial charge >= 0.3 is 0 Å². The number of anilines is 2. The van der Waals surface area contributed by atoms with Crippen LogP contribution in [0.5, 0.6) is 17.2 Å². The first-order valence-corrected chi connectivity index (χ1v) is 11.9. The van der Waals surface area contributed by atoms with Crippen LogP contribution < -0.4 is 20.5 Å². The largest absolute Gasteiger partial charge is 0.495 e. The number of rotatable bonds is 10. The first kappa shape index (κ1) is 24.0. The van der Waals surface area contributed by atoms with Crippen molar-refractivity contribution >= 4 is 33.2 Å². The van der Waals surface area contributed by atoms with E-state index < -0.39 is 9.84 Å². The van der Waals surface area contributed by atoms with Gasteiger partial charge < -0.3 is 20.5 Å². The molecule has 0 amide bonds. The summed E-state index contributed by atoms with van der Waals surface area (Å²) in [6, 6.07) is 3.38. The van der Waals surface area contributed by atoms with Gasteiger partial charge in [-0.2, -0.15) is 4.98 Å². The summed E-state index contributed by atoms with van der Waals surface area (Å²) >= 11 is 6.25. The number of aromatic nitrogens is 2. The molecule has 8 nitrogen and oxygen atoms in total. The second kappa shape index (κ2) is 10.2. The van der Waals surface area contributed by atoms with E-state index in [0.29, 0.717) is 34.6 Å². The molecule has 0 fully saturated rings. The molecule has 2 rings (SSSR count). The summed E-state index contributed by atoms with van der Waals surface area (Å²) in [4.78, 5) is 8.46. The van der Waals surface area contributed by atoms with Crippen LogP contribution in [0.1, 0.15) is 45.6 Å². The van der Waals surface area contributed by atoms with Gasteiger partial charge in [0, 0.05) is 23.4 Å². The number of nitrogens with zero attached hydrogens (tertiary/aromatic N) is 2. The Kier molecular flexibility index (Phi) is 8.14. The fourth-order valence-electron chi connectivity index (χ4n) is 2.69. The standard InChI is InChI=1S/C20H29ClN4O4S/c1-6-30(26,27)8-7-13(4)24-20-23-11-18(19(22)25-20)29-16-10-15(21)17(28-5)9-14(16)12(2)3/h9-13H,6-8H2,1-5H3,(H3,22,23,24,25). The van der Waals surface area contributed by atoms with Gasteiger partial charge in [0.2, 0.25) is 5.95 Å². The van der Waals surface area contributed by atoms with Crippen LogP contribution >= 0.6 is 11.6 Å². The number of nitrogens with two attached hydrogens (primary N) is 1. The van der Waals surface area contributed by atoms with Crippen LogP contribution in [0.3, 0.4) is 0 Å². The Balaban J connectivity index is 2.15. The number of halogens is 1. The number of nitrogen functional groups attached to an aromatic ring is 1. The third-order valence-corrected chi connectivity index (χ3v) is 6.62. The predicted octanol–water partition coefficient (Wildman–Crippen LogP) is 4.26. The van der Waals surface area contributed by atoms with Crippen molar-refractivity contribution in [3.05, 3.63) is 28.9 Å². The summed E-state index contributed by atoms with van der Waals surface area (Å²) in [6.45, 7) is 7.56. The van der Waals surface area contributed by atoms with Gasteiger partial charge in [-0.1, -0.05) is 32.4 Å². The molecule has 0 saturated carbocycles. The van der Waals surface area contributed by atoms with Crippen LogP contribution in [-0.4, -0.2) is 43.0 Å². The smallest absolute Gasteiger partial charge is 0.225 e. The quantitative estimate of drug-likeness (QED) is 0.544. The summed E-state index contributed by atoms with van der Waals surface area (Å²) in [6.07, 6.45) is 1.92. The van der Waals surface area contributed by atoms with Crippen molar-refractivity contribution in [2.75, 3.05) is 29.7 Å². The lowest BCUT2D eigenvalue weighted by Gasteiger charge is -2.17. The van der Waals surface area contributed by atoms with E-state index in [1.807, 2.05) is 26.8 Å². The molecule has 1 atom stereocenters. The van der Waals surface area contributed by atoms with Crippen LogP contribution in [0, 0.1) is 0 Å². The van der Waals surface area contributed by atoms with Crippen molar-refractivity contribution in [3.8, 4) is 17.2 Å². The molecular weight excluding hydrogens is 428 g/mol. The summed E-state index contributed by atoms with van der Waals surface area (Å²) in [5, 5.41) is 3.49. The van der Waals surface area contributed by atoms with E-state index in [1.165, 1.54) is 6.20 Å². The lowest BCUT2D eigenvalue weighted by Crippen LogP contribution is -2.22. The highest BCUT2D eigenvalue weighted by Crippen LogP contribution is 2.39. The number of ether oxygens (including phenoxy) is 2. The minimum absolute atomic E-state index is 0.102. The molecule has 1 unspecified atom stereocenters. The highest BCUT2D eigenvalue weighted by Gasteiger charge is 2.17. The number of benzene rings is 1. The van der Waals surface area contributed by atoms with Crippen molar-refractivity contribution < 1.29 is 17.9 Å². The average Bonchev–Trinajstić information content (AvgIpc) is 2.68. The van der Waals surface area contributed by atoms with E-state index in [0.717, 1.165) is 5.56 Å². The Morgan fingerprint density at radius 1 is 1.20 bits per heavy atom. The fourth-order valence-corrected chi connectivity index (χ4v) is 3.92. The zero-order valence-electron chi connectivity index (χ0n) is 17.9. The molecule has 0 aliphatic heterocycles. The SMILES string of the molecule is CCS(=O)(=O)CCC(C)Nc1ncc(Oc2cc(Cl)c(OC)cc2C(C)C)c(N)n1. The Morgan fingerprint density at radius 2 is 1.90 bits per heavy atom. The number of methoxy groups -OCH3 is 1. The molecule has 0 spiro atoms. The molecule has 0 aliphatic rings. The van der Waals surface area contributed by atoms with E-state index in [4.69, 9.17) is 26.8 Å². The molecule has 30 heavy (non-hydrogen) atoms. The lowest BCUT2D eigenvalue weighted by atomic mass is 10.0. The molecule has 166 valence electrons. The van der Waals surface area contributed by atoms with Crippen LogP contribution in [0.4, 0.5) is 11.8 Å². The van der Waals surface area contributed by atoms with Crippen LogP contribution in [0.15, 0.2) is 18.3 Å². The minimum atomic E-state index is -3.02. The molecule has 0 radical (unpaired) electrons. The number of hydrogen-bond acceptors (Lipinski definition) is 8. The van der Waals surface area contributed by atoms with Gasteiger partial charge in [-0.05, 0) is 25.3 Å². The minimum Gasteiger partial charge on any atom is -0.495 e. The Morgan fingerprint density at radius 3 is 2.47 bits per heavy atom. The molecule has 3 N–H and O–H groups in total. The van der Waals surface area contributed by atoms with Crippen molar-refractivity contribution in [3.63, 3.8) is 0 Å². The highest BCUT2D eigenvalue weighted by molar-refractivity contribution is 7.91. The fraction of sp³-hybridized carbons (Fsp3) is 0.500. The second-order valence-electron chi connectivity index (χ2n) is 7.29. The normalized spacial score (nSPS) is 12.6. The molecule has 1 heterocycles. The van der Waals surface area contributed by atoms with Gasteiger partial charge in [-0.15, -0.1) is 0 Å². The van der Waals surface area contributed by atoms with Crippen LogP contribution in [-0.2, 0) is 9.84 Å². The van der Waals surface area contributed by atoms with Crippen molar-refractivity contribution in [1.29, 1.82) is 0 Å². The first-order chi connectivity index (χ1) is 14.1. The summed E-state index contributed by atoms with van der Waals surface area (Å²) in [5.41, 5.74) is 6.97. The third-order valence-electron chi connectivity index (χ3n) is 4.59. The van der Waals surface area contributed by atoms with Gasteiger partial charge in [-0.3, -0.25) is 0 Å². The zero-order valence-corrected chi connectivity index (χ0v) is 19.5. The third kappa shape index (κ3) is 6.37. The number of sulfone groups is 1. The van der Waals surface area contributed by atoms with Crippen LogP contribution in [0.2, 0.25) is 5.02 Å². The van der Waals surface area contributed by atoms with Gasteiger partial charge in [0.15, 0.2) is 11.6 Å². The van der Waals surface area contributed by atoms with E-state index >= 15 is 0 Å². The first-order valence-electron chi connectivity index (χ1n) is 9.71. The molecule has 2 aromatic rings. The maximum atomic E-state index is 11.7.